The van der Waals surface area contributed by atoms with Crippen LogP contribution in [-0.4, -0.2) is 15.0 Å². The molecule has 0 spiro atoms. The van der Waals surface area contributed by atoms with Gasteiger partial charge in [-0.2, -0.15) is 0 Å². The SMILES string of the molecule is c1ccc(-c2ccc(-c3nc(-c4ccccc4)nc(-c4cccc5oc6ccc(-c7ccc8c(c7)sc7cc(-c9ccccc9)ccc78)cc6c45)n3)cc2)cc1. The van der Waals surface area contributed by atoms with E-state index in [9.17, 15) is 0 Å². The van der Waals surface area contributed by atoms with Crippen molar-refractivity contribution in [2.45, 2.75) is 0 Å². The molecule has 0 radical (unpaired) electrons. The van der Waals surface area contributed by atoms with E-state index in [1.165, 1.54) is 36.9 Å². The molecule has 11 rings (SSSR count). The van der Waals surface area contributed by atoms with Gasteiger partial charge in [-0.3, -0.25) is 0 Å². The lowest BCUT2D eigenvalue weighted by Crippen LogP contribution is -2.00. The van der Waals surface area contributed by atoms with Crippen LogP contribution in [0.15, 0.2) is 192 Å². The zero-order valence-electron chi connectivity index (χ0n) is 30.1. The van der Waals surface area contributed by atoms with Crippen molar-refractivity contribution in [2.24, 2.45) is 0 Å². The van der Waals surface area contributed by atoms with E-state index >= 15 is 0 Å². The molecule has 0 amide bonds. The van der Waals surface area contributed by atoms with Crippen molar-refractivity contribution in [3.8, 4) is 67.5 Å². The molecule has 56 heavy (non-hydrogen) atoms. The lowest BCUT2D eigenvalue weighted by Gasteiger charge is -2.10. The van der Waals surface area contributed by atoms with Gasteiger partial charge in [0.25, 0.3) is 0 Å². The Labute approximate surface area is 327 Å². The zero-order chi connectivity index (χ0) is 37.0. The Morgan fingerprint density at radius 2 is 0.786 bits per heavy atom. The summed E-state index contributed by atoms with van der Waals surface area (Å²) in [6, 6.07) is 65.7. The first-order valence-corrected chi connectivity index (χ1v) is 19.5. The van der Waals surface area contributed by atoms with E-state index in [-0.39, 0.29) is 0 Å². The standard InChI is InChI=1S/C51H31N3OS/c1-4-11-32(12-5-1)34-19-21-36(22-20-34)50-52-49(35-15-8-3-9-16-35)53-51(54-50)42-17-10-18-45-48(42)43-29-37(25-28-44(43)55-45)39-24-27-41-40-26-23-38(33-13-6-2-7-14-33)30-46(40)56-47(41)31-39/h1-31H. The molecular weight excluding hydrogens is 703 g/mol. The van der Waals surface area contributed by atoms with Crippen LogP contribution in [0.5, 0.6) is 0 Å². The first-order valence-electron chi connectivity index (χ1n) is 18.7. The van der Waals surface area contributed by atoms with Crippen LogP contribution in [0.3, 0.4) is 0 Å². The minimum atomic E-state index is 0.598. The summed E-state index contributed by atoms with van der Waals surface area (Å²) >= 11 is 1.84. The molecule has 0 N–H and O–H groups in total. The highest BCUT2D eigenvalue weighted by atomic mass is 32.1. The predicted molar refractivity (Wildman–Crippen MR) is 233 cm³/mol. The number of aromatic nitrogens is 3. The van der Waals surface area contributed by atoms with E-state index in [0.717, 1.165) is 55.3 Å². The summed E-state index contributed by atoms with van der Waals surface area (Å²) in [4.78, 5) is 15.2. The topological polar surface area (TPSA) is 51.8 Å². The van der Waals surface area contributed by atoms with Gasteiger partial charge < -0.3 is 4.42 Å². The molecule has 262 valence electrons. The normalized spacial score (nSPS) is 11.6. The van der Waals surface area contributed by atoms with Crippen LogP contribution >= 0.6 is 11.3 Å². The fourth-order valence-corrected chi connectivity index (χ4v) is 8.93. The highest BCUT2D eigenvalue weighted by Crippen LogP contribution is 2.41. The van der Waals surface area contributed by atoms with Crippen molar-refractivity contribution in [2.75, 3.05) is 0 Å². The van der Waals surface area contributed by atoms with Gasteiger partial charge in [-0.15, -0.1) is 11.3 Å². The minimum Gasteiger partial charge on any atom is -0.456 e. The van der Waals surface area contributed by atoms with Gasteiger partial charge in [-0.25, -0.2) is 15.0 Å². The van der Waals surface area contributed by atoms with Gasteiger partial charge in [-0.05, 0) is 63.7 Å². The Bertz CT molecular complexity index is 3230. The molecule has 0 atom stereocenters. The first kappa shape index (κ1) is 32.2. The molecule has 0 fully saturated rings. The van der Waals surface area contributed by atoms with E-state index in [1.807, 2.05) is 59.9 Å². The van der Waals surface area contributed by atoms with E-state index < -0.39 is 0 Å². The van der Waals surface area contributed by atoms with E-state index in [4.69, 9.17) is 19.4 Å². The van der Waals surface area contributed by atoms with Crippen molar-refractivity contribution in [3.05, 3.63) is 188 Å². The third kappa shape index (κ3) is 5.65. The molecule has 0 aliphatic carbocycles. The summed E-state index contributed by atoms with van der Waals surface area (Å²) in [5.74, 6) is 1.84. The average Bonchev–Trinajstić information content (AvgIpc) is 3.84. The lowest BCUT2D eigenvalue weighted by atomic mass is 9.99. The molecule has 5 heteroatoms. The van der Waals surface area contributed by atoms with Gasteiger partial charge in [0.05, 0.1) is 0 Å². The van der Waals surface area contributed by atoms with E-state index in [2.05, 4.69) is 140 Å². The molecule has 0 aliphatic heterocycles. The number of fused-ring (bicyclic) bond motifs is 6. The van der Waals surface area contributed by atoms with Crippen LogP contribution in [0.4, 0.5) is 0 Å². The number of benzene rings is 8. The van der Waals surface area contributed by atoms with Crippen molar-refractivity contribution < 1.29 is 4.42 Å². The van der Waals surface area contributed by atoms with Gasteiger partial charge in [0.2, 0.25) is 0 Å². The number of furan rings is 1. The maximum atomic E-state index is 6.48. The largest absolute Gasteiger partial charge is 0.456 e. The Balaban J connectivity index is 1.03. The van der Waals surface area contributed by atoms with Crippen molar-refractivity contribution in [3.63, 3.8) is 0 Å². The van der Waals surface area contributed by atoms with E-state index in [1.54, 1.807) is 0 Å². The fraction of sp³-hybridized carbons (Fsp3) is 0. The summed E-state index contributed by atoms with van der Waals surface area (Å²) in [7, 11) is 0. The maximum absolute atomic E-state index is 6.48. The van der Waals surface area contributed by atoms with Crippen LogP contribution in [-0.2, 0) is 0 Å². The van der Waals surface area contributed by atoms with Gasteiger partial charge in [0.15, 0.2) is 17.5 Å². The fourth-order valence-electron chi connectivity index (χ4n) is 7.74. The van der Waals surface area contributed by atoms with Crippen molar-refractivity contribution >= 4 is 53.4 Å². The predicted octanol–water partition coefficient (Wildman–Crippen LogP) is 14.1. The van der Waals surface area contributed by atoms with Crippen molar-refractivity contribution in [1.82, 2.24) is 15.0 Å². The third-order valence-corrected chi connectivity index (χ3v) is 11.7. The molecule has 0 saturated carbocycles. The molecule has 0 aliphatic rings. The first-order chi connectivity index (χ1) is 27.7. The summed E-state index contributed by atoms with van der Waals surface area (Å²) in [5, 5.41) is 4.57. The Hall–Kier alpha value is -7.21. The van der Waals surface area contributed by atoms with Gasteiger partial charge in [0, 0.05) is 47.6 Å². The molecule has 3 aromatic heterocycles. The summed E-state index contributed by atoms with van der Waals surface area (Å²) in [6.07, 6.45) is 0. The summed E-state index contributed by atoms with van der Waals surface area (Å²) in [6.45, 7) is 0. The molecular formula is C51H31N3OS. The number of rotatable bonds is 6. The Morgan fingerprint density at radius 3 is 1.43 bits per heavy atom. The zero-order valence-corrected chi connectivity index (χ0v) is 30.9. The second kappa shape index (κ2) is 13.3. The van der Waals surface area contributed by atoms with Gasteiger partial charge in [0.1, 0.15) is 11.2 Å². The second-order valence-electron chi connectivity index (χ2n) is 14.0. The number of nitrogens with zero attached hydrogens (tertiary/aromatic N) is 3. The van der Waals surface area contributed by atoms with Gasteiger partial charge >= 0.3 is 0 Å². The molecule has 0 saturated heterocycles. The number of hydrogen-bond acceptors (Lipinski definition) is 5. The van der Waals surface area contributed by atoms with Gasteiger partial charge in [-0.1, -0.05) is 158 Å². The molecule has 11 aromatic rings. The third-order valence-electron chi connectivity index (χ3n) is 10.6. The molecule has 0 unspecified atom stereocenters. The summed E-state index contributed by atoms with van der Waals surface area (Å²) in [5.41, 5.74) is 11.4. The van der Waals surface area contributed by atoms with Crippen LogP contribution in [0, 0.1) is 0 Å². The van der Waals surface area contributed by atoms with Crippen LogP contribution in [0.25, 0.3) is 110 Å². The Kier molecular flexibility index (Phi) is 7.64. The maximum Gasteiger partial charge on any atom is 0.164 e. The monoisotopic (exact) mass is 733 g/mol. The van der Waals surface area contributed by atoms with E-state index in [0.29, 0.717) is 17.5 Å². The number of hydrogen-bond donors (Lipinski definition) is 0. The minimum absolute atomic E-state index is 0.598. The molecule has 8 aromatic carbocycles. The summed E-state index contributed by atoms with van der Waals surface area (Å²) < 4.78 is 9.04. The smallest absolute Gasteiger partial charge is 0.164 e. The highest BCUT2D eigenvalue weighted by Gasteiger charge is 2.19. The van der Waals surface area contributed by atoms with Crippen LogP contribution < -0.4 is 0 Å². The van der Waals surface area contributed by atoms with Crippen LogP contribution in [0.2, 0.25) is 0 Å². The van der Waals surface area contributed by atoms with Crippen molar-refractivity contribution in [1.29, 1.82) is 0 Å². The highest BCUT2D eigenvalue weighted by molar-refractivity contribution is 7.25. The molecule has 0 bridgehead atoms. The Morgan fingerprint density at radius 1 is 0.321 bits per heavy atom. The lowest BCUT2D eigenvalue weighted by molar-refractivity contribution is 0.669. The quantitative estimate of drug-likeness (QED) is 0.171. The molecule has 4 nitrogen and oxygen atoms in total. The number of thiophene rings is 1. The second-order valence-corrected chi connectivity index (χ2v) is 15.1. The van der Waals surface area contributed by atoms with Crippen LogP contribution in [0.1, 0.15) is 0 Å². The average molecular weight is 734 g/mol. The molecule has 3 heterocycles.